The highest BCUT2D eigenvalue weighted by Gasteiger charge is 2.25. The molecule has 0 aliphatic heterocycles. The van der Waals surface area contributed by atoms with Crippen molar-refractivity contribution in [3.8, 4) is 0 Å². The Hall–Kier alpha value is -1.05. The maximum absolute atomic E-state index is 12.0. The zero-order chi connectivity index (χ0) is 11.0. The second-order valence-electron chi connectivity index (χ2n) is 5.17. The number of aromatic nitrogens is 1. The molecule has 1 fully saturated rings. The lowest BCUT2D eigenvalue weighted by molar-refractivity contribution is 0.0959. The number of Topliss-reactive ketones (excluding diaryl/α,β-unsaturated/α-hetero) is 1. The number of rotatable bonds is 1. The van der Waals surface area contributed by atoms with Crippen LogP contribution in [0.1, 0.15) is 67.0 Å². The maximum Gasteiger partial charge on any atom is 0.179 e. The van der Waals surface area contributed by atoms with Gasteiger partial charge in [-0.15, -0.1) is 0 Å². The summed E-state index contributed by atoms with van der Waals surface area (Å²) in [6.45, 7) is 0. The van der Waals surface area contributed by atoms with Gasteiger partial charge in [0.1, 0.15) is 0 Å². The lowest BCUT2D eigenvalue weighted by Crippen LogP contribution is -2.20. The number of nitrogens with zero attached hydrogens (tertiary/aromatic N) is 1. The highest BCUT2D eigenvalue weighted by molar-refractivity contribution is 5.97. The zero-order valence-electron chi connectivity index (χ0n) is 9.74. The molecule has 2 aliphatic carbocycles. The van der Waals surface area contributed by atoms with E-state index >= 15 is 0 Å². The Morgan fingerprint density at radius 3 is 2.69 bits per heavy atom. The lowest BCUT2D eigenvalue weighted by Gasteiger charge is -2.26. The Kier molecular flexibility index (Phi) is 2.58. The highest BCUT2D eigenvalue weighted by atomic mass is 16.1. The molecule has 1 aromatic rings. The second-order valence-corrected chi connectivity index (χ2v) is 5.17. The standard InChI is InChI=1S/C14H19NO/c16-13-8-4-5-11-9-10-15(14(11)13)12-6-2-1-3-7-12/h9-10,12H,1-8H2. The van der Waals surface area contributed by atoms with Crippen LogP contribution in [0.5, 0.6) is 0 Å². The quantitative estimate of drug-likeness (QED) is 0.705. The number of carbonyl (C=O) groups excluding carboxylic acids is 1. The molecule has 2 aliphatic rings. The summed E-state index contributed by atoms with van der Waals surface area (Å²) in [6, 6.07) is 2.76. The molecule has 0 saturated heterocycles. The lowest BCUT2D eigenvalue weighted by atomic mass is 9.93. The summed E-state index contributed by atoms with van der Waals surface area (Å²) in [5.74, 6) is 0.372. The monoisotopic (exact) mass is 217 g/mol. The van der Waals surface area contributed by atoms with Gasteiger partial charge in [-0.05, 0) is 37.3 Å². The molecule has 0 spiro atoms. The van der Waals surface area contributed by atoms with Crippen LogP contribution in [0, 0.1) is 0 Å². The third-order valence-corrected chi connectivity index (χ3v) is 4.08. The molecule has 1 saturated carbocycles. The van der Waals surface area contributed by atoms with Gasteiger partial charge in [0.25, 0.3) is 0 Å². The van der Waals surface area contributed by atoms with Gasteiger partial charge in [0, 0.05) is 18.7 Å². The minimum absolute atomic E-state index is 0.372. The molecular weight excluding hydrogens is 198 g/mol. The van der Waals surface area contributed by atoms with E-state index < -0.39 is 0 Å². The molecule has 0 radical (unpaired) electrons. The molecule has 1 heterocycles. The van der Waals surface area contributed by atoms with Crippen LogP contribution in [0.4, 0.5) is 0 Å². The molecule has 86 valence electrons. The number of hydrogen-bond donors (Lipinski definition) is 0. The van der Waals surface area contributed by atoms with Crippen LogP contribution in [0.3, 0.4) is 0 Å². The van der Waals surface area contributed by atoms with E-state index in [1.807, 2.05) is 0 Å². The first-order chi connectivity index (χ1) is 7.86. The van der Waals surface area contributed by atoms with Gasteiger partial charge in [-0.3, -0.25) is 4.79 Å². The van der Waals surface area contributed by atoms with Gasteiger partial charge >= 0.3 is 0 Å². The minimum atomic E-state index is 0.372. The number of aryl methyl sites for hydroxylation is 1. The number of fused-ring (bicyclic) bond motifs is 1. The largest absolute Gasteiger partial charge is 0.342 e. The zero-order valence-corrected chi connectivity index (χ0v) is 9.74. The summed E-state index contributed by atoms with van der Waals surface area (Å²) in [5.41, 5.74) is 2.33. The van der Waals surface area contributed by atoms with E-state index in [1.54, 1.807) is 0 Å². The molecule has 0 atom stereocenters. The van der Waals surface area contributed by atoms with Crippen molar-refractivity contribution in [2.75, 3.05) is 0 Å². The molecule has 0 amide bonds. The molecule has 2 nitrogen and oxygen atoms in total. The van der Waals surface area contributed by atoms with Crippen molar-refractivity contribution in [2.24, 2.45) is 0 Å². The summed E-state index contributed by atoms with van der Waals surface area (Å²) in [6.07, 6.45) is 11.6. The Morgan fingerprint density at radius 1 is 1.06 bits per heavy atom. The average molecular weight is 217 g/mol. The van der Waals surface area contributed by atoms with Crippen molar-refractivity contribution < 1.29 is 4.79 Å². The maximum atomic E-state index is 12.0. The van der Waals surface area contributed by atoms with E-state index in [0.717, 1.165) is 25.0 Å². The summed E-state index contributed by atoms with van der Waals surface area (Å²) in [5, 5.41) is 0. The predicted octanol–water partition coefficient (Wildman–Crippen LogP) is 3.51. The Labute approximate surface area is 96.6 Å². The molecule has 0 unspecified atom stereocenters. The van der Waals surface area contributed by atoms with Crippen LogP contribution >= 0.6 is 0 Å². The van der Waals surface area contributed by atoms with Crippen molar-refractivity contribution in [2.45, 2.75) is 57.4 Å². The number of ketones is 1. The molecule has 16 heavy (non-hydrogen) atoms. The van der Waals surface area contributed by atoms with E-state index in [9.17, 15) is 4.79 Å². The van der Waals surface area contributed by atoms with Crippen molar-refractivity contribution in [1.29, 1.82) is 0 Å². The predicted molar refractivity (Wildman–Crippen MR) is 63.8 cm³/mol. The van der Waals surface area contributed by atoms with Crippen LogP contribution in [0.2, 0.25) is 0 Å². The molecule has 2 heteroatoms. The van der Waals surface area contributed by atoms with Crippen LogP contribution in [-0.2, 0) is 6.42 Å². The smallest absolute Gasteiger partial charge is 0.179 e. The minimum Gasteiger partial charge on any atom is -0.342 e. The second kappa shape index (κ2) is 4.08. The van der Waals surface area contributed by atoms with Gasteiger partial charge in [-0.2, -0.15) is 0 Å². The van der Waals surface area contributed by atoms with Gasteiger partial charge in [-0.25, -0.2) is 0 Å². The Balaban J connectivity index is 1.95. The average Bonchev–Trinajstić information content (AvgIpc) is 2.75. The van der Waals surface area contributed by atoms with Crippen molar-refractivity contribution in [3.63, 3.8) is 0 Å². The Bertz CT molecular complexity index is 399. The first kappa shape index (κ1) is 10.1. The first-order valence-electron chi connectivity index (χ1n) is 6.59. The van der Waals surface area contributed by atoms with Crippen LogP contribution < -0.4 is 0 Å². The van der Waals surface area contributed by atoms with E-state index in [0.29, 0.717) is 11.8 Å². The summed E-state index contributed by atoms with van der Waals surface area (Å²) >= 11 is 0. The fourth-order valence-corrected chi connectivity index (χ4v) is 3.24. The summed E-state index contributed by atoms with van der Waals surface area (Å²) < 4.78 is 2.29. The van der Waals surface area contributed by atoms with Gasteiger partial charge in [0.15, 0.2) is 5.78 Å². The first-order valence-corrected chi connectivity index (χ1v) is 6.59. The molecular formula is C14H19NO. The topological polar surface area (TPSA) is 22.0 Å². The molecule has 0 aromatic carbocycles. The SMILES string of the molecule is O=C1CCCc2ccn(C3CCCCC3)c21. The van der Waals surface area contributed by atoms with Crippen LogP contribution in [-0.4, -0.2) is 10.4 Å². The van der Waals surface area contributed by atoms with Crippen molar-refractivity contribution in [3.05, 3.63) is 23.5 Å². The highest BCUT2D eigenvalue weighted by Crippen LogP contribution is 2.32. The number of hydrogen-bond acceptors (Lipinski definition) is 1. The van der Waals surface area contributed by atoms with Crippen molar-refractivity contribution in [1.82, 2.24) is 4.57 Å². The third kappa shape index (κ3) is 1.60. The number of carbonyl (C=O) groups is 1. The van der Waals surface area contributed by atoms with Crippen LogP contribution in [0.25, 0.3) is 0 Å². The molecule has 3 rings (SSSR count). The molecule has 1 aromatic heterocycles. The van der Waals surface area contributed by atoms with E-state index in [2.05, 4.69) is 16.8 Å². The van der Waals surface area contributed by atoms with Gasteiger partial charge < -0.3 is 4.57 Å². The van der Waals surface area contributed by atoms with Crippen molar-refractivity contribution >= 4 is 5.78 Å². The summed E-state index contributed by atoms with van der Waals surface area (Å²) in [7, 11) is 0. The van der Waals surface area contributed by atoms with E-state index in [4.69, 9.17) is 0 Å². The van der Waals surface area contributed by atoms with Gasteiger partial charge in [-0.1, -0.05) is 19.3 Å². The molecule has 0 bridgehead atoms. The van der Waals surface area contributed by atoms with Crippen LogP contribution in [0.15, 0.2) is 12.3 Å². The van der Waals surface area contributed by atoms with E-state index in [-0.39, 0.29) is 0 Å². The fraction of sp³-hybridized carbons (Fsp3) is 0.643. The molecule has 0 N–H and O–H groups in total. The fourth-order valence-electron chi connectivity index (χ4n) is 3.24. The van der Waals surface area contributed by atoms with E-state index in [1.165, 1.54) is 37.7 Å². The normalized spacial score (nSPS) is 22.1. The third-order valence-electron chi connectivity index (χ3n) is 4.08. The Morgan fingerprint density at radius 2 is 1.88 bits per heavy atom. The van der Waals surface area contributed by atoms with Gasteiger partial charge in [0.05, 0.1) is 5.69 Å². The van der Waals surface area contributed by atoms with Gasteiger partial charge in [0.2, 0.25) is 0 Å². The summed E-state index contributed by atoms with van der Waals surface area (Å²) in [4.78, 5) is 12.0.